The number of nitrogens with two attached hydrogens (primary N) is 1. The zero-order chi connectivity index (χ0) is 14.8. The summed E-state index contributed by atoms with van der Waals surface area (Å²) < 4.78 is 36.3. The number of nitrogens with zero attached hydrogens (tertiary/aromatic N) is 1. The van der Waals surface area contributed by atoms with E-state index in [4.69, 9.17) is 15.2 Å². The molecule has 0 aliphatic rings. The van der Waals surface area contributed by atoms with E-state index in [0.717, 1.165) is 0 Å². The minimum Gasteiger partial charge on any atom is -0.495 e. The second-order valence-electron chi connectivity index (χ2n) is 4.36. The summed E-state index contributed by atoms with van der Waals surface area (Å²) in [5, 5.41) is 0. The largest absolute Gasteiger partial charge is 0.495 e. The lowest BCUT2D eigenvalue weighted by molar-refractivity contribution is 0.379. The number of methoxy groups -OCH3 is 2. The molecule has 0 saturated carbocycles. The molecule has 0 heterocycles. The monoisotopic (exact) mass is 288 g/mol. The molecule has 0 aliphatic heterocycles. The van der Waals surface area contributed by atoms with E-state index in [2.05, 4.69) is 0 Å². The predicted molar refractivity (Wildman–Crippen MR) is 74.0 cm³/mol. The Bertz CT molecular complexity index is 555. The van der Waals surface area contributed by atoms with Crippen LogP contribution < -0.4 is 15.2 Å². The zero-order valence-electron chi connectivity index (χ0n) is 11.8. The Hall–Kier alpha value is -1.47. The molecule has 2 N–H and O–H groups in total. The summed E-state index contributed by atoms with van der Waals surface area (Å²) in [6, 6.07) is 2.65. The Morgan fingerprint density at radius 1 is 1.16 bits per heavy atom. The van der Waals surface area contributed by atoms with Gasteiger partial charge in [0.15, 0.2) is 0 Å². The van der Waals surface area contributed by atoms with E-state index >= 15 is 0 Å². The van der Waals surface area contributed by atoms with E-state index < -0.39 is 10.0 Å². The molecule has 0 aliphatic carbocycles. The minimum atomic E-state index is -3.66. The van der Waals surface area contributed by atoms with Crippen molar-refractivity contribution in [3.8, 4) is 11.5 Å². The molecule has 0 atom stereocenters. The van der Waals surface area contributed by atoms with E-state index in [9.17, 15) is 8.42 Å². The highest BCUT2D eigenvalue weighted by Crippen LogP contribution is 2.35. The molecule has 0 amide bonds. The molecule has 0 saturated heterocycles. The van der Waals surface area contributed by atoms with Crippen molar-refractivity contribution in [3.63, 3.8) is 0 Å². The van der Waals surface area contributed by atoms with Gasteiger partial charge in [0.25, 0.3) is 0 Å². The van der Waals surface area contributed by atoms with Crippen LogP contribution in [0.5, 0.6) is 11.5 Å². The van der Waals surface area contributed by atoms with Crippen molar-refractivity contribution in [1.29, 1.82) is 0 Å². The maximum absolute atomic E-state index is 12.5. The second kappa shape index (κ2) is 5.66. The number of rotatable bonds is 5. The second-order valence-corrected chi connectivity index (χ2v) is 6.33. The van der Waals surface area contributed by atoms with Gasteiger partial charge in [-0.05, 0) is 19.9 Å². The smallest absolute Gasteiger partial charge is 0.246 e. The highest BCUT2D eigenvalue weighted by molar-refractivity contribution is 7.89. The first-order chi connectivity index (χ1) is 8.75. The number of anilines is 1. The molecule has 19 heavy (non-hydrogen) atoms. The first-order valence-electron chi connectivity index (χ1n) is 5.75. The number of nitrogen functional groups attached to an aromatic ring is 1. The summed E-state index contributed by atoms with van der Waals surface area (Å²) in [5.41, 5.74) is 6.01. The molecule has 108 valence electrons. The summed E-state index contributed by atoms with van der Waals surface area (Å²) in [7, 11) is 0.718. The summed E-state index contributed by atoms with van der Waals surface area (Å²) in [6.07, 6.45) is 0. The summed E-state index contributed by atoms with van der Waals surface area (Å²) in [4.78, 5) is 0.0319. The maximum atomic E-state index is 12.5. The topological polar surface area (TPSA) is 81.9 Å². The molecule has 0 fully saturated rings. The number of ether oxygens (including phenoxy) is 2. The number of sulfonamides is 1. The van der Waals surface area contributed by atoms with Crippen LogP contribution in [0, 0.1) is 0 Å². The molecule has 0 spiro atoms. The van der Waals surface area contributed by atoms with E-state index in [1.807, 2.05) is 0 Å². The average molecular weight is 288 g/mol. The lowest BCUT2D eigenvalue weighted by Gasteiger charge is -2.22. The third-order valence-corrected chi connectivity index (χ3v) is 4.95. The van der Waals surface area contributed by atoms with Gasteiger partial charge in [-0.2, -0.15) is 4.31 Å². The van der Waals surface area contributed by atoms with Crippen molar-refractivity contribution in [1.82, 2.24) is 4.31 Å². The van der Waals surface area contributed by atoms with E-state index in [-0.39, 0.29) is 22.4 Å². The van der Waals surface area contributed by atoms with Crippen molar-refractivity contribution in [3.05, 3.63) is 12.1 Å². The maximum Gasteiger partial charge on any atom is 0.246 e. The Balaban J connectivity index is 3.46. The highest BCUT2D eigenvalue weighted by atomic mass is 32.2. The van der Waals surface area contributed by atoms with Gasteiger partial charge in [-0.15, -0.1) is 0 Å². The van der Waals surface area contributed by atoms with Crippen molar-refractivity contribution < 1.29 is 17.9 Å². The van der Waals surface area contributed by atoms with Crippen LogP contribution in [0.4, 0.5) is 5.69 Å². The summed E-state index contributed by atoms with van der Waals surface area (Å²) in [6.45, 7) is 3.58. The van der Waals surface area contributed by atoms with Crippen LogP contribution in [0.1, 0.15) is 13.8 Å². The number of benzene rings is 1. The molecule has 0 radical (unpaired) electrons. The normalized spacial score (nSPS) is 11.9. The van der Waals surface area contributed by atoms with Crippen LogP contribution in [0.15, 0.2) is 17.0 Å². The van der Waals surface area contributed by atoms with Crippen LogP contribution >= 0.6 is 0 Å². The lowest BCUT2D eigenvalue weighted by Crippen LogP contribution is -2.33. The van der Waals surface area contributed by atoms with Gasteiger partial charge in [-0.3, -0.25) is 0 Å². The first kappa shape index (κ1) is 15.6. The molecular weight excluding hydrogens is 268 g/mol. The van der Waals surface area contributed by atoms with Crippen molar-refractivity contribution >= 4 is 15.7 Å². The Kier molecular flexibility index (Phi) is 4.65. The molecule has 0 unspecified atom stereocenters. The fourth-order valence-corrected chi connectivity index (χ4v) is 3.07. The van der Waals surface area contributed by atoms with Crippen LogP contribution in [0.25, 0.3) is 0 Å². The third kappa shape index (κ3) is 2.93. The van der Waals surface area contributed by atoms with Gasteiger partial charge in [0.2, 0.25) is 10.0 Å². The minimum absolute atomic E-state index is 0.0319. The molecule has 1 aromatic carbocycles. The van der Waals surface area contributed by atoms with Gasteiger partial charge in [0.05, 0.1) is 19.9 Å². The molecule has 1 aromatic rings. The van der Waals surface area contributed by atoms with Gasteiger partial charge in [0, 0.05) is 19.2 Å². The van der Waals surface area contributed by atoms with Gasteiger partial charge >= 0.3 is 0 Å². The zero-order valence-corrected chi connectivity index (χ0v) is 12.6. The van der Waals surface area contributed by atoms with E-state index in [1.165, 1.54) is 37.7 Å². The predicted octanol–water partition coefficient (Wildman–Crippen LogP) is 1.31. The Labute approximate surface area is 114 Å². The van der Waals surface area contributed by atoms with Crippen LogP contribution in [0.3, 0.4) is 0 Å². The van der Waals surface area contributed by atoms with Gasteiger partial charge < -0.3 is 15.2 Å². The SMILES string of the molecule is COc1cc(OC)c(S(=O)(=O)N(C)C(C)C)cc1N. The lowest BCUT2D eigenvalue weighted by atomic mass is 10.3. The van der Waals surface area contributed by atoms with Crippen LogP contribution in [-0.2, 0) is 10.0 Å². The summed E-state index contributed by atoms with van der Waals surface area (Å²) >= 11 is 0. The van der Waals surface area contributed by atoms with Gasteiger partial charge in [-0.25, -0.2) is 8.42 Å². The molecular formula is C12H20N2O4S. The van der Waals surface area contributed by atoms with E-state index in [0.29, 0.717) is 5.75 Å². The average Bonchev–Trinajstić information content (AvgIpc) is 2.37. The Morgan fingerprint density at radius 3 is 2.11 bits per heavy atom. The number of hydrogen-bond acceptors (Lipinski definition) is 5. The fraction of sp³-hybridized carbons (Fsp3) is 0.500. The summed E-state index contributed by atoms with van der Waals surface area (Å²) in [5.74, 6) is 0.585. The molecule has 0 aromatic heterocycles. The fourth-order valence-electron chi connectivity index (χ4n) is 1.53. The standard InChI is InChI=1S/C12H20N2O4S/c1-8(2)14(3)19(15,16)12-6-9(13)10(17-4)7-11(12)18-5/h6-8H,13H2,1-5H3. The van der Waals surface area contributed by atoms with Gasteiger partial charge in [-0.1, -0.05) is 0 Å². The van der Waals surface area contributed by atoms with Crippen molar-refractivity contribution in [2.75, 3.05) is 27.0 Å². The van der Waals surface area contributed by atoms with Crippen molar-refractivity contribution in [2.24, 2.45) is 0 Å². The molecule has 7 heteroatoms. The Morgan fingerprint density at radius 2 is 1.68 bits per heavy atom. The highest BCUT2D eigenvalue weighted by Gasteiger charge is 2.27. The van der Waals surface area contributed by atoms with E-state index in [1.54, 1.807) is 13.8 Å². The number of hydrogen-bond donors (Lipinski definition) is 1. The third-order valence-electron chi connectivity index (χ3n) is 2.90. The van der Waals surface area contributed by atoms with Gasteiger partial charge in [0.1, 0.15) is 16.4 Å². The molecule has 0 bridgehead atoms. The van der Waals surface area contributed by atoms with Crippen LogP contribution in [-0.4, -0.2) is 40.0 Å². The van der Waals surface area contributed by atoms with Crippen LogP contribution in [0.2, 0.25) is 0 Å². The quantitative estimate of drug-likeness (QED) is 0.826. The molecule has 1 rings (SSSR count). The van der Waals surface area contributed by atoms with Crippen molar-refractivity contribution in [2.45, 2.75) is 24.8 Å². The molecule has 6 nitrogen and oxygen atoms in total. The first-order valence-corrected chi connectivity index (χ1v) is 7.19.